The molecule has 2 amide bonds. The number of halogens is 2. The van der Waals surface area contributed by atoms with Gasteiger partial charge in [-0.05, 0) is 18.2 Å². The highest BCUT2D eigenvalue weighted by atomic mass is 35.5. The van der Waals surface area contributed by atoms with Crippen LogP contribution in [-0.2, 0) is 11.2 Å². The standard InChI is InChI=1S/C14H13ClFN3O2S/c15-10-2-1-3-11(16)8(10)4-7-5-9(13(18)21)14(22-7)19-6-12(17)20/h1-3,5,19H,4,6H2,(H2,17,20)(H2,18,21). The molecule has 1 heterocycles. The van der Waals surface area contributed by atoms with E-state index in [-0.39, 0.29) is 18.5 Å². The number of nitrogens with two attached hydrogens (primary N) is 2. The van der Waals surface area contributed by atoms with Gasteiger partial charge in [0.2, 0.25) is 5.91 Å². The first-order valence-corrected chi connectivity index (χ1v) is 7.45. The predicted octanol–water partition coefficient (Wildman–Crippen LogP) is 2.13. The number of nitrogens with one attached hydrogen (secondary N) is 1. The van der Waals surface area contributed by atoms with Gasteiger partial charge in [0.15, 0.2) is 0 Å². The molecule has 5 nitrogen and oxygen atoms in total. The van der Waals surface area contributed by atoms with Gasteiger partial charge in [-0.15, -0.1) is 11.3 Å². The highest BCUT2D eigenvalue weighted by Gasteiger charge is 2.16. The van der Waals surface area contributed by atoms with Gasteiger partial charge in [-0.25, -0.2) is 4.39 Å². The molecule has 22 heavy (non-hydrogen) atoms. The molecule has 2 rings (SSSR count). The van der Waals surface area contributed by atoms with E-state index < -0.39 is 17.6 Å². The normalized spacial score (nSPS) is 10.5. The lowest BCUT2D eigenvalue weighted by atomic mass is 10.1. The van der Waals surface area contributed by atoms with E-state index >= 15 is 0 Å². The molecule has 0 aliphatic rings. The van der Waals surface area contributed by atoms with Crippen LogP contribution in [0.25, 0.3) is 0 Å². The zero-order valence-electron chi connectivity index (χ0n) is 11.4. The second-order valence-electron chi connectivity index (χ2n) is 4.52. The number of carbonyl (C=O) groups is 2. The van der Waals surface area contributed by atoms with Crippen molar-refractivity contribution < 1.29 is 14.0 Å². The molecule has 2 aromatic rings. The van der Waals surface area contributed by atoms with Crippen LogP contribution in [0.2, 0.25) is 5.02 Å². The molecule has 1 aromatic heterocycles. The van der Waals surface area contributed by atoms with Crippen LogP contribution in [0.5, 0.6) is 0 Å². The van der Waals surface area contributed by atoms with E-state index in [1.807, 2.05) is 0 Å². The summed E-state index contributed by atoms with van der Waals surface area (Å²) in [5.41, 5.74) is 10.9. The van der Waals surface area contributed by atoms with Crippen LogP contribution in [-0.4, -0.2) is 18.4 Å². The number of primary amides is 2. The van der Waals surface area contributed by atoms with Gasteiger partial charge in [0.25, 0.3) is 5.91 Å². The maximum Gasteiger partial charge on any atom is 0.251 e. The van der Waals surface area contributed by atoms with E-state index in [1.54, 1.807) is 12.1 Å². The predicted molar refractivity (Wildman–Crippen MR) is 84.7 cm³/mol. The van der Waals surface area contributed by atoms with Gasteiger partial charge in [0.1, 0.15) is 10.8 Å². The van der Waals surface area contributed by atoms with E-state index in [2.05, 4.69) is 5.32 Å². The van der Waals surface area contributed by atoms with E-state index in [0.717, 1.165) is 0 Å². The van der Waals surface area contributed by atoms with Crippen LogP contribution in [0.4, 0.5) is 9.39 Å². The Morgan fingerprint density at radius 3 is 2.64 bits per heavy atom. The lowest BCUT2D eigenvalue weighted by Crippen LogP contribution is -2.22. The van der Waals surface area contributed by atoms with Crippen molar-refractivity contribution in [3.63, 3.8) is 0 Å². The fraction of sp³-hybridized carbons (Fsp3) is 0.143. The second-order valence-corrected chi connectivity index (χ2v) is 6.06. The molecule has 0 bridgehead atoms. The fourth-order valence-corrected chi connectivity index (χ4v) is 3.19. The Hall–Kier alpha value is -2.12. The number of rotatable bonds is 6. The maximum atomic E-state index is 13.8. The third-order valence-electron chi connectivity index (χ3n) is 2.88. The van der Waals surface area contributed by atoms with Crippen LogP contribution < -0.4 is 16.8 Å². The van der Waals surface area contributed by atoms with Crippen LogP contribution in [0.15, 0.2) is 24.3 Å². The lowest BCUT2D eigenvalue weighted by Gasteiger charge is -2.04. The van der Waals surface area contributed by atoms with Crippen LogP contribution in [0, 0.1) is 5.82 Å². The number of hydrogen-bond donors (Lipinski definition) is 3. The van der Waals surface area contributed by atoms with Gasteiger partial charge < -0.3 is 16.8 Å². The summed E-state index contributed by atoms with van der Waals surface area (Å²) in [5.74, 6) is -1.63. The van der Waals surface area contributed by atoms with Crippen molar-refractivity contribution in [2.24, 2.45) is 11.5 Å². The number of carbonyl (C=O) groups excluding carboxylic acids is 2. The summed E-state index contributed by atoms with van der Waals surface area (Å²) in [4.78, 5) is 22.9. The number of anilines is 1. The Kier molecular flexibility index (Phi) is 4.99. The summed E-state index contributed by atoms with van der Waals surface area (Å²) in [6, 6.07) is 5.98. The molecule has 0 aliphatic heterocycles. The Balaban J connectivity index is 2.30. The van der Waals surface area contributed by atoms with Crippen molar-refractivity contribution in [1.29, 1.82) is 0 Å². The van der Waals surface area contributed by atoms with Crippen molar-refractivity contribution in [2.45, 2.75) is 6.42 Å². The number of hydrogen-bond acceptors (Lipinski definition) is 4. The molecule has 0 spiro atoms. The molecule has 0 saturated carbocycles. The van der Waals surface area contributed by atoms with Crippen molar-refractivity contribution in [3.8, 4) is 0 Å². The summed E-state index contributed by atoms with van der Waals surface area (Å²) < 4.78 is 13.8. The summed E-state index contributed by atoms with van der Waals surface area (Å²) in [5, 5.41) is 3.48. The number of thiophene rings is 1. The zero-order valence-corrected chi connectivity index (χ0v) is 12.9. The molecule has 8 heteroatoms. The number of amides is 2. The molecule has 0 aliphatic carbocycles. The van der Waals surface area contributed by atoms with Gasteiger partial charge in [0.05, 0.1) is 12.1 Å². The molecule has 0 atom stereocenters. The molecule has 0 unspecified atom stereocenters. The Labute approximate surface area is 135 Å². The van der Waals surface area contributed by atoms with Crippen LogP contribution >= 0.6 is 22.9 Å². The first-order valence-electron chi connectivity index (χ1n) is 6.26. The summed E-state index contributed by atoms with van der Waals surface area (Å²) in [6.07, 6.45) is 0.217. The average molecular weight is 342 g/mol. The maximum absolute atomic E-state index is 13.8. The van der Waals surface area contributed by atoms with E-state index in [4.69, 9.17) is 23.1 Å². The van der Waals surface area contributed by atoms with Gasteiger partial charge in [-0.3, -0.25) is 9.59 Å². The van der Waals surface area contributed by atoms with E-state index in [1.165, 1.54) is 23.5 Å². The molecule has 5 N–H and O–H groups in total. The van der Waals surface area contributed by atoms with Gasteiger partial charge in [0, 0.05) is 21.9 Å². The van der Waals surface area contributed by atoms with Crippen molar-refractivity contribution in [1.82, 2.24) is 0 Å². The molecular formula is C14H13ClFN3O2S. The minimum absolute atomic E-state index is 0.124. The largest absolute Gasteiger partial charge is 0.368 e. The van der Waals surface area contributed by atoms with Gasteiger partial charge in [-0.1, -0.05) is 17.7 Å². The molecule has 116 valence electrons. The monoisotopic (exact) mass is 341 g/mol. The van der Waals surface area contributed by atoms with Crippen LogP contribution in [0.3, 0.4) is 0 Å². The third-order valence-corrected chi connectivity index (χ3v) is 4.33. The Bertz CT molecular complexity index is 713. The molecule has 0 fully saturated rings. The second kappa shape index (κ2) is 6.76. The Morgan fingerprint density at radius 1 is 1.32 bits per heavy atom. The van der Waals surface area contributed by atoms with Gasteiger partial charge >= 0.3 is 0 Å². The molecule has 0 saturated heterocycles. The van der Waals surface area contributed by atoms with Crippen molar-refractivity contribution in [2.75, 3.05) is 11.9 Å². The van der Waals surface area contributed by atoms with Crippen molar-refractivity contribution in [3.05, 3.63) is 51.1 Å². The highest BCUT2D eigenvalue weighted by Crippen LogP contribution is 2.31. The molecule has 0 radical (unpaired) electrons. The Morgan fingerprint density at radius 2 is 2.05 bits per heavy atom. The van der Waals surface area contributed by atoms with E-state index in [0.29, 0.717) is 20.5 Å². The highest BCUT2D eigenvalue weighted by molar-refractivity contribution is 7.16. The number of benzene rings is 1. The zero-order chi connectivity index (χ0) is 16.3. The topological polar surface area (TPSA) is 98.2 Å². The lowest BCUT2D eigenvalue weighted by molar-refractivity contribution is -0.116. The van der Waals surface area contributed by atoms with Gasteiger partial charge in [-0.2, -0.15) is 0 Å². The first kappa shape index (κ1) is 16.3. The minimum Gasteiger partial charge on any atom is -0.368 e. The van der Waals surface area contributed by atoms with Crippen LogP contribution in [0.1, 0.15) is 20.8 Å². The molecule has 1 aromatic carbocycles. The smallest absolute Gasteiger partial charge is 0.251 e. The summed E-state index contributed by atoms with van der Waals surface area (Å²) in [7, 11) is 0. The minimum atomic E-state index is -0.644. The molecular weight excluding hydrogens is 329 g/mol. The van der Waals surface area contributed by atoms with E-state index in [9.17, 15) is 14.0 Å². The summed E-state index contributed by atoms with van der Waals surface area (Å²) in [6.45, 7) is -0.124. The summed E-state index contributed by atoms with van der Waals surface area (Å²) >= 11 is 7.18. The van der Waals surface area contributed by atoms with Crippen molar-refractivity contribution >= 4 is 39.8 Å². The average Bonchev–Trinajstić information content (AvgIpc) is 2.84. The fourth-order valence-electron chi connectivity index (χ4n) is 1.89. The third kappa shape index (κ3) is 3.75. The SMILES string of the molecule is NC(=O)CNc1sc(Cc2c(F)cccc2Cl)cc1C(N)=O. The quantitative estimate of drug-likeness (QED) is 0.750. The first-order chi connectivity index (χ1) is 10.4.